The van der Waals surface area contributed by atoms with Crippen LogP contribution in [0, 0.1) is 21.3 Å². The number of piperidine rings is 1. The van der Waals surface area contributed by atoms with Crippen molar-refractivity contribution in [3.8, 4) is 0 Å². The van der Waals surface area contributed by atoms with Gasteiger partial charge in [0.2, 0.25) is 0 Å². The van der Waals surface area contributed by atoms with E-state index in [1.165, 1.54) is 12.1 Å². The molecule has 33 heavy (non-hydrogen) atoms. The molecule has 9 heteroatoms. The zero-order chi connectivity index (χ0) is 24.6. The van der Waals surface area contributed by atoms with E-state index in [0.29, 0.717) is 31.9 Å². The number of non-ortho nitro benzene ring substituents is 1. The Hall–Kier alpha value is -2.68. The van der Waals surface area contributed by atoms with E-state index < -0.39 is 16.3 Å². The molecule has 0 aliphatic carbocycles. The summed E-state index contributed by atoms with van der Waals surface area (Å²) in [7, 11) is 0. The number of piperazine rings is 1. The van der Waals surface area contributed by atoms with E-state index in [4.69, 9.17) is 4.74 Å². The van der Waals surface area contributed by atoms with Gasteiger partial charge in [0, 0.05) is 56.8 Å². The Labute approximate surface area is 195 Å². The Balaban J connectivity index is 1.68. The first-order valence-corrected chi connectivity index (χ1v) is 11.4. The highest BCUT2D eigenvalue weighted by molar-refractivity contribution is 5.68. The SMILES string of the molecule is C=C(C)C1(C)CN(C(=O)OC(C)(C)C)CCC1N1CCN(c2ccc([N+](=O)[O-])cc2F)CC1. The maximum absolute atomic E-state index is 14.5. The van der Waals surface area contributed by atoms with Crippen LogP contribution in [0.4, 0.5) is 20.6 Å². The fraction of sp³-hybridized carbons (Fsp3) is 0.625. The minimum atomic E-state index is -0.590. The van der Waals surface area contributed by atoms with Crippen molar-refractivity contribution in [2.45, 2.75) is 52.7 Å². The number of carbonyl (C=O) groups is 1. The van der Waals surface area contributed by atoms with Crippen LogP contribution in [0.1, 0.15) is 41.0 Å². The van der Waals surface area contributed by atoms with Crippen LogP contribution in [0.15, 0.2) is 30.4 Å². The van der Waals surface area contributed by atoms with Crippen LogP contribution in [0.3, 0.4) is 0 Å². The number of nitro groups is 1. The molecule has 2 saturated heterocycles. The van der Waals surface area contributed by atoms with Crippen LogP contribution >= 0.6 is 0 Å². The Kier molecular flexibility index (Phi) is 7.02. The number of carbonyl (C=O) groups excluding carboxylic acids is 1. The third-order valence-corrected chi connectivity index (χ3v) is 6.79. The lowest BCUT2D eigenvalue weighted by molar-refractivity contribution is -0.385. The van der Waals surface area contributed by atoms with Gasteiger partial charge in [0.1, 0.15) is 5.60 Å². The van der Waals surface area contributed by atoms with Gasteiger partial charge in [0.05, 0.1) is 16.7 Å². The molecule has 1 aromatic rings. The van der Waals surface area contributed by atoms with Gasteiger partial charge < -0.3 is 14.5 Å². The van der Waals surface area contributed by atoms with Gasteiger partial charge in [-0.3, -0.25) is 15.0 Å². The van der Waals surface area contributed by atoms with Crippen molar-refractivity contribution in [1.29, 1.82) is 0 Å². The van der Waals surface area contributed by atoms with E-state index in [-0.39, 0.29) is 23.2 Å². The number of anilines is 1. The van der Waals surface area contributed by atoms with Gasteiger partial charge in [-0.15, -0.1) is 0 Å². The molecule has 2 aliphatic heterocycles. The molecule has 1 aromatic carbocycles. The van der Waals surface area contributed by atoms with Crippen molar-refractivity contribution in [2.24, 2.45) is 5.41 Å². The van der Waals surface area contributed by atoms with E-state index in [2.05, 4.69) is 18.4 Å². The molecule has 2 fully saturated rings. The van der Waals surface area contributed by atoms with Gasteiger partial charge in [-0.1, -0.05) is 19.1 Å². The summed E-state index contributed by atoms with van der Waals surface area (Å²) < 4.78 is 20.1. The van der Waals surface area contributed by atoms with E-state index in [9.17, 15) is 19.3 Å². The molecule has 3 rings (SSSR count). The van der Waals surface area contributed by atoms with E-state index in [1.54, 1.807) is 4.90 Å². The fourth-order valence-corrected chi connectivity index (χ4v) is 4.81. The smallest absolute Gasteiger partial charge is 0.410 e. The van der Waals surface area contributed by atoms with E-state index in [0.717, 1.165) is 31.1 Å². The molecule has 182 valence electrons. The van der Waals surface area contributed by atoms with E-state index in [1.807, 2.05) is 32.6 Å². The molecule has 2 aliphatic rings. The summed E-state index contributed by atoms with van der Waals surface area (Å²) in [5.74, 6) is -0.574. The van der Waals surface area contributed by atoms with Gasteiger partial charge >= 0.3 is 6.09 Å². The summed E-state index contributed by atoms with van der Waals surface area (Å²) in [5.41, 5.74) is 0.323. The number of halogens is 1. The highest BCUT2D eigenvalue weighted by Crippen LogP contribution is 2.40. The highest BCUT2D eigenvalue weighted by atomic mass is 19.1. The molecule has 0 bridgehead atoms. The lowest BCUT2D eigenvalue weighted by Gasteiger charge is -2.52. The maximum atomic E-state index is 14.5. The lowest BCUT2D eigenvalue weighted by Crippen LogP contribution is -2.62. The normalized spacial score (nSPS) is 24.5. The molecular weight excluding hydrogens is 427 g/mol. The van der Waals surface area contributed by atoms with Gasteiger partial charge in [-0.2, -0.15) is 0 Å². The Morgan fingerprint density at radius 3 is 2.39 bits per heavy atom. The number of nitro benzene ring substituents is 1. The van der Waals surface area contributed by atoms with Crippen LogP contribution in [-0.2, 0) is 4.74 Å². The van der Waals surface area contributed by atoms with Crippen molar-refractivity contribution < 1.29 is 18.8 Å². The number of amides is 1. The number of hydrogen-bond donors (Lipinski definition) is 0. The number of benzene rings is 1. The zero-order valence-electron chi connectivity index (χ0n) is 20.3. The quantitative estimate of drug-likeness (QED) is 0.374. The second-order valence-corrected chi connectivity index (χ2v) is 10.3. The third kappa shape index (κ3) is 5.46. The van der Waals surface area contributed by atoms with Crippen molar-refractivity contribution >= 4 is 17.5 Å². The largest absolute Gasteiger partial charge is 0.444 e. The predicted molar refractivity (Wildman–Crippen MR) is 126 cm³/mol. The Morgan fingerprint density at radius 1 is 1.24 bits per heavy atom. The van der Waals surface area contributed by atoms with Crippen LogP contribution in [-0.4, -0.2) is 71.7 Å². The molecule has 2 unspecified atom stereocenters. The number of nitrogens with zero attached hydrogens (tertiary/aromatic N) is 4. The molecule has 0 radical (unpaired) electrons. The number of ether oxygens (including phenoxy) is 1. The number of hydrogen-bond acceptors (Lipinski definition) is 6. The molecule has 0 saturated carbocycles. The molecule has 0 spiro atoms. The molecule has 1 amide bonds. The van der Waals surface area contributed by atoms with Gasteiger partial charge in [0.25, 0.3) is 5.69 Å². The summed E-state index contributed by atoms with van der Waals surface area (Å²) in [6.07, 6.45) is 0.501. The molecule has 8 nitrogen and oxygen atoms in total. The molecule has 2 atom stereocenters. The number of likely N-dealkylation sites (tertiary alicyclic amines) is 1. The van der Waals surface area contributed by atoms with Gasteiger partial charge in [-0.05, 0) is 40.2 Å². The first-order chi connectivity index (χ1) is 15.3. The summed E-state index contributed by atoms with van der Waals surface area (Å²) >= 11 is 0. The van der Waals surface area contributed by atoms with Gasteiger partial charge in [-0.25, -0.2) is 9.18 Å². The average Bonchev–Trinajstić information content (AvgIpc) is 2.72. The highest BCUT2D eigenvalue weighted by Gasteiger charge is 2.45. The Morgan fingerprint density at radius 2 is 1.88 bits per heavy atom. The van der Waals surface area contributed by atoms with Crippen LogP contribution in [0.5, 0.6) is 0 Å². The fourth-order valence-electron chi connectivity index (χ4n) is 4.81. The van der Waals surface area contributed by atoms with Crippen molar-refractivity contribution in [2.75, 3.05) is 44.2 Å². The van der Waals surface area contributed by atoms with Crippen LogP contribution < -0.4 is 4.90 Å². The minimum absolute atomic E-state index is 0.206. The van der Waals surface area contributed by atoms with Crippen LogP contribution in [0.2, 0.25) is 0 Å². The second kappa shape index (κ2) is 9.29. The summed E-state index contributed by atoms with van der Waals surface area (Å²) in [6, 6.07) is 4.01. The molecular formula is C24H35FN4O4. The lowest BCUT2D eigenvalue weighted by atomic mass is 9.71. The first kappa shape index (κ1) is 25.0. The van der Waals surface area contributed by atoms with Crippen LogP contribution in [0.25, 0.3) is 0 Å². The van der Waals surface area contributed by atoms with Gasteiger partial charge in [0.15, 0.2) is 5.82 Å². The average molecular weight is 463 g/mol. The number of rotatable bonds is 4. The summed E-state index contributed by atoms with van der Waals surface area (Å²) in [4.78, 5) is 29.1. The third-order valence-electron chi connectivity index (χ3n) is 6.79. The van der Waals surface area contributed by atoms with Crippen molar-refractivity contribution in [3.05, 3.63) is 46.3 Å². The molecule has 2 heterocycles. The second-order valence-electron chi connectivity index (χ2n) is 10.3. The Bertz CT molecular complexity index is 924. The van der Waals surface area contributed by atoms with Crippen molar-refractivity contribution in [3.63, 3.8) is 0 Å². The topological polar surface area (TPSA) is 79.2 Å². The maximum Gasteiger partial charge on any atom is 0.410 e. The van der Waals surface area contributed by atoms with Crippen molar-refractivity contribution in [1.82, 2.24) is 9.80 Å². The minimum Gasteiger partial charge on any atom is -0.444 e. The predicted octanol–water partition coefficient (Wildman–Crippen LogP) is 4.45. The molecule has 0 aromatic heterocycles. The monoisotopic (exact) mass is 462 g/mol. The first-order valence-electron chi connectivity index (χ1n) is 11.4. The summed E-state index contributed by atoms with van der Waals surface area (Å²) in [5, 5.41) is 10.9. The van der Waals surface area contributed by atoms with E-state index >= 15 is 0 Å². The zero-order valence-corrected chi connectivity index (χ0v) is 20.3. The molecule has 0 N–H and O–H groups in total. The summed E-state index contributed by atoms with van der Waals surface area (Å²) in [6.45, 7) is 17.8. The standard InChI is InChI=1S/C24H35FN4O4/c1-17(2)24(6)16-28(22(30)33-23(3,4)5)10-9-21(24)27-13-11-26(12-14-27)20-8-7-18(29(31)32)15-19(20)25/h7-8,15,21H,1,9-14,16H2,2-6H3.